The summed E-state index contributed by atoms with van der Waals surface area (Å²) in [5, 5.41) is 0. The third-order valence-corrected chi connectivity index (χ3v) is 5.28. The van der Waals surface area contributed by atoms with E-state index in [0.717, 1.165) is 5.90 Å². The maximum absolute atomic E-state index is 6.11. The first-order valence-corrected chi connectivity index (χ1v) is 8.76. The van der Waals surface area contributed by atoms with Crippen molar-refractivity contribution in [2.75, 3.05) is 20.3 Å². The van der Waals surface area contributed by atoms with Crippen LogP contribution in [0, 0.1) is 0 Å². The standard InChI is InChI=1S/C22H23NO2/c1-22(21-23-18(14-24-2)15-25-21)19-11-7-6-10-17(19)12-13-20(22)16-8-4-3-5-9-16/h3-13,18,20H,14-15H2,1-2H3/t18-,20+,22+/m1/s1. The van der Waals surface area contributed by atoms with Gasteiger partial charge in [-0.15, -0.1) is 0 Å². The van der Waals surface area contributed by atoms with Crippen molar-refractivity contribution < 1.29 is 9.47 Å². The van der Waals surface area contributed by atoms with Gasteiger partial charge in [-0.25, -0.2) is 4.99 Å². The largest absolute Gasteiger partial charge is 0.478 e. The molecular formula is C22H23NO2. The Balaban J connectivity index is 1.84. The van der Waals surface area contributed by atoms with Crippen molar-refractivity contribution >= 4 is 12.0 Å². The van der Waals surface area contributed by atoms with E-state index in [1.807, 2.05) is 0 Å². The second-order valence-corrected chi connectivity index (χ2v) is 6.89. The maximum Gasteiger partial charge on any atom is 0.195 e. The van der Waals surface area contributed by atoms with Crippen LogP contribution in [-0.2, 0) is 14.9 Å². The molecule has 0 saturated carbocycles. The average Bonchev–Trinajstić information content (AvgIpc) is 3.13. The van der Waals surface area contributed by atoms with E-state index in [0.29, 0.717) is 13.2 Å². The molecule has 1 aliphatic carbocycles. The first kappa shape index (κ1) is 16.1. The fourth-order valence-corrected chi connectivity index (χ4v) is 4.01. The van der Waals surface area contributed by atoms with Gasteiger partial charge in [0, 0.05) is 13.0 Å². The van der Waals surface area contributed by atoms with E-state index in [9.17, 15) is 0 Å². The number of rotatable bonds is 4. The molecule has 0 saturated heterocycles. The molecule has 0 spiro atoms. The topological polar surface area (TPSA) is 30.8 Å². The molecule has 0 N–H and O–H groups in total. The zero-order valence-electron chi connectivity index (χ0n) is 14.7. The van der Waals surface area contributed by atoms with Gasteiger partial charge in [0.25, 0.3) is 0 Å². The number of hydrogen-bond donors (Lipinski definition) is 0. The zero-order valence-corrected chi connectivity index (χ0v) is 14.7. The van der Waals surface area contributed by atoms with E-state index >= 15 is 0 Å². The first-order chi connectivity index (χ1) is 12.2. The Morgan fingerprint density at radius 1 is 1.12 bits per heavy atom. The van der Waals surface area contributed by atoms with Crippen LogP contribution in [0.3, 0.4) is 0 Å². The number of hydrogen-bond acceptors (Lipinski definition) is 3. The normalized spacial score (nSPS) is 27.5. The van der Waals surface area contributed by atoms with Gasteiger partial charge in [-0.05, 0) is 23.6 Å². The zero-order chi connectivity index (χ0) is 17.3. The number of benzene rings is 2. The molecule has 0 fully saturated rings. The summed E-state index contributed by atoms with van der Waals surface area (Å²) in [6.45, 7) is 3.43. The summed E-state index contributed by atoms with van der Waals surface area (Å²) < 4.78 is 11.4. The van der Waals surface area contributed by atoms with E-state index in [4.69, 9.17) is 14.5 Å². The van der Waals surface area contributed by atoms with Crippen molar-refractivity contribution in [3.63, 3.8) is 0 Å². The van der Waals surface area contributed by atoms with Crippen LogP contribution < -0.4 is 0 Å². The molecule has 0 unspecified atom stereocenters. The van der Waals surface area contributed by atoms with Crippen LogP contribution >= 0.6 is 0 Å². The summed E-state index contributed by atoms with van der Waals surface area (Å²) in [6.07, 6.45) is 4.50. The van der Waals surface area contributed by atoms with Crippen LogP contribution in [-0.4, -0.2) is 32.3 Å². The fraction of sp³-hybridized carbons (Fsp3) is 0.318. The van der Waals surface area contributed by atoms with Gasteiger partial charge in [-0.1, -0.05) is 66.7 Å². The number of allylic oxidation sites excluding steroid dienone is 1. The highest BCUT2D eigenvalue weighted by molar-refractivity contribution is 5.93. The summed E-state index contributed by atoms with van der Waals surface area (Å²) in [6, 6.07) is 19.2. The molecule has 0 aromatic heterocycles. The van der Waals surface area contributed by atoms with Crippen molar-refractivity contribution in [2.24, 2.45) is 4.99 Å². The molecule has 2 aliphatic rings. The molecule has 1 aliphatic heterocycles. The predicted octanol–water partition coefficient (Wildman–Crippen LogP) is 4.20. The monoisotopic (exact) mass is 333 g/mol. The molecule has 0 bridgehead atoms. The van der Waals surface area contributed by atoms with Crippen molar-refractivity contribution in [3.8, 4) is 0 Å². The second kappa shape index (κ2) is 6.49. The molecular weight excluding hydrogens is 310 g/mol. The maximum atomic E-state index is 6.11. The lowest BCUT2D eigenvalue weighted by atomic mass is 9.64. The molecule has 3 heteroatoms. The van der Waals surface area contributed by atoms with Crippen LogP contribution in [0.4, 0.5) is 0 Å². The van der Waals surface area contributed by atoms with Gasteiger partial charge >= 0.3 is 0 Å². The van der Waals surface area contributed by atoms with Crippen molar-refractivity contribution in [3.05, 3.63) is 77.4 Å². The number of fused-ring (bicyclic) bond motifs is 1. The Hall–Kier alpha value is -2.39. The number of methoxy groups -OCH3 is 1. The molecule has 25 heavy (non-hydrogen) atoms. The first-order valence-electron chi connectivity index (χ1n) is 8.76. The molecule has 2 aromatic carbocycles. The Morgan fingerprint density at radius 2 is 1.88 bits per heavy atom. The summed E-state index contributed by atoms with van der Waals surface area (Å²) in [4.78, 5) is 4.88. The molecule has 0 radical (unpaired) electrons. The molecule has 0 amide bonds. The molecule has 3 nitrogen and oxygen atoms in total. The van der Waals surface area contributed by atoms with Gasteiger partial charge in [-0.3, -0.25) is 0 Å². The van der Waals surface area contributed by atoms with E-state index in [1.165, 1.54) is 16.7 Å². The van der Waals surface area contributed by atoms with Crippen LogP contribution in [0.15, 0.2) is 65.7 Å². The summed E-state index contributed by atoms with van der Waals surface area (Å²) in [7, 11) is 1.71. The van der Waals surface area contributed by atoms with E-state index in [-0.39, 0.29) is 17.4 Å². The molecule has 1 heterocycles. The number of ether oxygens (including phenoxy) is 2. The van der Waals surface area contributed by atoms with Gasteiger partial charge in [0.15, 0.2) is 5.90 Å². The highest BCUT2D eigenvalue weighted by Gasteiger charge is 2.46. The third kappa shape index (κ3) is 2.69. The minimum atomic E-state index is -0.324. The highest BCUT2D eigenvalue weighted by Crippen LogP contribution is 2.47. The Morgan fingerprint density at radius 3 is 2.68 bits per heavy atom. The lowest BCUT2D eigenvalue weighted by Crippen LogP contribution is -2.40. The number of aliphatic imine (C=N–C) groups is 1. The van der Waals surface area contributed by atoms with Crippen LogP contribution in [0.5, 0.6) is 0 Å². The smallest absolute Gasteiger partial charge is 0.195 e. The van der Waals surface area contributed by atoms with Gasteiger partial charge < -0.3 is 9.47 Å². The van der Waals surface area contributed by atoms with E-state index < -0.39 is 0 Å². The lowest BCUT2D eigenvalue weighted by Gasteiger charge is -2.39. The van der Waals surface area contributed by atoms with Crippen molar-refractivity contribution in [2.45, 2.75) is 24.3 Å². The molecule has 2 aromatic rings. The molecule has 3 atom stereocenters. The van der Waals surface area contributed by atoms with E-state index in [2.05, 4.69) is 73.7 Å². The quantitative estimate of drug-likeness (QED) is 0.839. The fourth-order valence-electron chi connectivity index (χ4n) is 4.01. The molecule has 128 valence electrons. The van der Waals surface area contributed by atoms with Crippen LogP contribution in [0.1, 0.15) is 29.5 Å². The Bertz CT molecular complexity index is 812. The third-order valence-electron chi connectivity index (χ3n) is 5.28. The van der Waals surface area contributed by atoms with Gasteiger partial charge in [0.05, 0.1) is 12.0 Å². The Kier molecular flexibility index (Phi) is 4.18. The van der Waals surface area contributed by atoms with Gasteiger partial charge in [0.1, 0.15) is 12.6 Å². The predicted molar refractivity (Wildman–Crippen MR) is 101 cm³/mol. The van der Waals surface area contributed by atoms with Crippen LogP contribution in [0.25, 0.3) is 6.08 Å². The van der Waals surface area contributed by atoms with Gasteiger partial charge in [-0.2, -0.15) is 0 Å². The molecule has 4 rings (SSSR count). The van der Waals surface area contributed by atoms with Gasteiger partial charge in [0.2, 0.25) is 0 Å². The Labute approximate surface area is 149 Å². The summed E-state index contributed by atoms with van der Waals surface area (Å²) >= 11 is 0. The summed E-state index contributed by atoms with van der Waals surface area (Å²) in [5.74, 6) is 1.00. The van der Waals surface area contributed by atoms with Crippen LogP contribution in [0.2, 0.25) is 0 Å². The minimum Gasteiger partial charge on any atom is -0.478 e. The number of nitrogens with zero attached hydrogens (tertiary/aromatic N) is 1. The van der Waals surface area contributed by atoms with E-state index in [1.54, 1.807) is 7.11 Å². The highest BCUT2D eigenvalue weighted by atomic mass is 16.5. The minimum absolute atomic E-state index is 0.0753. The second-order valence-electron chi connectivity index (χ2n) is 6.89. The van der Waals surface area contributed by atoms with Crippen molar-refractivity contribution in [1.29, 1.82) is 0 Å². The SMILES string of the molecule is COC[C@@H]1COC([C@@]2(C)c3ccccc3C=C[C@H]2c2ccccc2)=N1. The van der Waals surface area contributed by atoms with Crippen molar-refractivity contribution in [1.82, 2.24) is 0 Å². The lowest BCUT2D eigenvalue weighted by molar-refractivity contribution is 0.163. The average molecular weight is 333 g/mol. The summed E-state index contributed by atoms with van der Waals surface area (Å²) in [5.41, 5.74) is 3.45.